The summed E-state index contributed by atoms with van der Waals surface area (Å²) in [6.45, 7) is -0.101. The van der Waals surface area contributed by atoms with Crippen molar-refractivity contribution >= 4 is 17.7 Å². The van der Waals surface area contributed by atoms with Crippen LogP contribution in [-0.2, 0) is 66.5 Å². The first-order valence-corrected chi connectivity index (χ1v) is 23.9. The minimum Gasteiger partial charge on any atom is -0.394 e. The van der Waals surface area contributed by atoms with E-state index in [1.54, 1.807) is 0 Å². The van der Waals surface area contributed by atoms with Crippen LogP contribution in [0.2, 0.25) is 0 Å². The summed E-state index contributed by atoms with van der Waals surface area (Å²) in [6.07, 6.45) is -48.6. The fraction of sp³-hybridized carbons (Fsp3) is 0.929. The molecule has 33 heteroatoms. The first-order chi connectivity index (χ1) is 35.4. The van der Waals surface area contributed by atoms with Crippen molar-refractivity contribution in [1.29, 1.82) is 0 Å². The fourth-order valence-electron chi connectivity index (χ4n) is 9.57. The third kappa shape index (κ3) is 13.7. The average Bonchev–Trinajstić information content (AvgIpc) is 3.36. The van der Waals surface area contributed by atoms with Gasteiger partial charge in [-0.15, -0.1) is 0 Å². The highest BCUT2D eigenvalue weighted by molar-refractivity contribution is 5.74. The first-order valence-electron chi connectivity index (χ1n) is 23.9. The second-order valence-electron chi connectivity index (χ2n) is 19.0. The van der Waals surface area contributed by atoms with Crippen molar-refractivity contribution in [3.05, 3.63) is 0 Å². The molecule has 6 fully saturated rings. The number of ether oxygens (including phenoxy) is 11. The van der Waals surface area contributed by atoms with Crippen LogP contribution in [-0.4, -0.2) is 317 Å². The quantitative estimate of drug-likeness (QED) is 0.0606. The second-order valence-corrected chi connectivity index (χ2v) is 19.0. The summed E-state index contributed by atoms with van der Waals surface area (Å²) in [6, 6.07) is -5.00. The number of carbonyl (C=O) groups excluding carboxylic acids is 3. The van der Waals surface area contributed by atoms with Crippen molar-refractivity contribution in [2.45, 2.75) is 212 Å². The Morgan fingerprint density at radius 1 is 0.373 bits per heavy atom. The maximum Gasteiger partial charge on any atom is 0.217 e. The number of rotatable bonds is 18. The van der Waals surface area contributed by atoms with Crippen LogP contribution >= 0.6 is 0 Å². The van der Waals surface area contributed by atoms with E-state index in [0.29, 0.717) is 0 Å². The second kappa shape index (κ2) is 26.5. The average molecular weight is 1100 g/mol. The van der Waals surface area contributed by atoms with Gasteiger partial charge in [-0.25, -0.2) is 0 Å². The van der Waals surface area contributed by atoms with Crippen molar-refractivity contribution in [3.8, 4) is 0 Å². The Hall–Kier alpha value is -2.67. The van der Waals surface area contributed by atoms with E-state index in [-0.39, 0.29) is 0 Å². The summed E-state index contributed by atoms with van der Waals surface area (Å²) in [5.74, 6) is -2.38. The molecule has 6 aliphatic heterocycles. The van der Waals surface area contributed by atoms with E-state index in [1.807, 2.05) is 0 Å². The zero-order chi connectivity index (χ0) is 55.5. The molecule has 0 aliphatic carbocycles. The molecule has 6 aliphatic rings. The third-order valence-corrected chi connectivity index (χ3v) is 13.6. The lowest BCUT2D eigenvalue weighted by Crippen LogP contribution is -2.70. The zero-order valence-corrected chi connectivity index (χ0v) is 40.7. The van der Waals surface area contributed by atoms with Crippen LogP contribution in [0.1, 0.15) is 27.7 Å². The molecule has 6 heterocycles. The van der Waals surface area contributed by atoms with Gasteiger partial charge < -0.3 is 150 Å². The van der Waals surface area contributed by atoms with Crippen molar-refractivity contribution in [2.75, 3.05) is 33.0 Å². The highest BCUT2D eigenvalue weighted by atomic mass is 16.8. The van der Waals surface area contributed by atoms with Gasteiger partial charge in [-0.3, -0.25) is 14.4 Å². The first kappa shape index (κ1) is 61.5. The molecule has 33 nitrogen and oxygen atoms in total. The summed E-state index contributed by atoms with van der Waals surface area (Å²) in [4.78, 5) is 37.3. The summed E-state index contributed by atoms with van der Waals surface area (Å²) >= 11 is 0. The minimum atomic E-state index is -2.20. The Kier molecular flexibility index (Phi) is 21.8. The highest BCUT2D eigenvalue weighted by Gasteiger charge is 2.57. The fourth-order valence-corrected chi connectivity index (χ4v) is 9.57. The minimum absolute atomic E-state index is 0.770. The maximum atomic E-state index is 12.5. The van der Waals surface area contributed by atoms with Gasteiger partial charge >= 0.3 is 0 Å². The largest absolute Gasteiger partial charge is 0.394 e. The molecule has 6 saturated heterocycles. The zero-order valence-electron chi connectivity index (χ0n) is 40.7. The van der Waals surface area contributed by atoms with Crippen LogP contribution in [0.15, 0.2) is 0 Å². The van der Waals surface area contributed by atoms with Gasteiger partial charge in [0.15, 0.2) is 37.7 Å². The van der Waals surface area contributed by atoms with Crippen LogP contribution in [0.5, 0.6) is 0 Å². The van der Waals surface area contributed by atoms with Crippen LogP contribution in [0.3, 0.4) is 0 Å². The number of aliphatic hydroxyl groups is 16. The molecule has 0 aromatic carbocycles. The van der Waals surface area contributed by atoms with Gasteiger partial charge in [0.05, 0.1) is 39.1 Å². The molecular formula is C42H71N3O30. The van der Waals surface area contributed by atoms with Gasteiger partial charge in [0.2, 0.25) is 17.7 Å². The van der Waals surface area contributed by atoms with E-state index >= 15 is 0 Å². The number of hydrogen-bond acceptors (Lipinski definition) is 30. The van der Waals surface area contributed by atoms with E-state index in [9.17, 15) is 96.1 Å². The number of aliphatic hydroxyl groups excluding tert-OH is 16. The van der Waals surface area contributed by atoms with Crippen LogP contribution in [0.4, 0.5) is 0 Å². The molecule has 30 atom stereocenters. The predicted octanol–water partition coefficient (Wildman–Crippen LogP) is -12.6. The molecule has 0 radical (unpaired) electrons. The van der Waals surface area contributed by atoms with Gasteiger partial charge in [0.1, 0.15) is 140 Å². The molecule has 19 N–H and O–H groups in total. The normalized spacial score (nSPS) is 48.6. The molecule has 0 bridgehead atoms. The van der Waals surface area contributed by atoms with E-state index in [1.165, 1.54) is 6.92 Å². The molecule has 1 unspecified atom stereocenters. The Bertz CT molecular complexity index is 1850. The lowest BCUT2D eigenvalue weighted by atomic mass is 9.94. The van der Waals surface area contributed by atoms with Crippen LogP contribution in [0, 0.1) is 0 Å². The van der Waals surface area contributed by atoms with Gasteiger partial charge in [-0.05, 0) is 6.92 Å². The number of nitrogens with one attached hydrogen (secondary N) is 3. The smallest absolute Gasteiger partial charge is 0.217 e. The van der Waals surface area contributed by atoms with Crippen molar-refractivity contribution < 1.29 is 148 Å². The third-order valence-electron chi connectivity index (χ3n) is 13.6. The number of carbonyl (C=O) groups is 3. The van der Waals surface area contributed by atoms with Gasteiger partial charge in [0.25, 0.3) is 0 Å². The molecule has 75 heavy (non-hydrogen) atoms. The lowest BCUT2D eigenvalue weighted by Gasteiger charge is -2.50. The molecule has 0 spiro atoms. The van der Waals surface area contributed by atoms with E-state index in [4.69, 9.17) is 52.1 Å². The molecule has 3 amide bonds. The molecule has 0 aromatic heterocycles. The topological polar surface area (TPSA) is 513 Å². The summed E-state index contributed by atoms with van der Waals surface area (Å²) < 4.78 is 63.1. The number of amides is 3. The highest BCUT2D eigenvalue weighted by Crippen LogP contribution is 2.36. The van der Waals surface area contributed by atoms with E-state index in [0.717, 1.165) is 20.8 Å². The lowest BCUT2D eigenvalue weighted by molar-refractivity contribution is -0.376. The number of hydrogen-bond donors (Lipinski definition) is 19. The molecule has 434 valence electrons. The van der Waals surface area contributed by atoms with Gasteiger partial charge in [-0.2, -0.15) is 0 Å². The molecule has 6 rings (SSSR count). The van der Waals surface area contributed by atoms with E-state index < -0.39 is 235 Å². The van der Waals surface area contributed by atoms with E-state index in [2.05, 4.69) is 16.0 Å². The Labute approximate surface area is 426 Å². The predicted molar refractivity (Wildman–Crippen MR) is 233 cm³/mol. The van der Waals surface area contributed by atoms with Crippen molar-refractivity contribution in [2.24, 2.45) is 0 Å². The van der Waals surface area contributed by atoms with Crippen molar-refractivity contribution in [3.63, 3.8) is 0 Å². The molecular weight excluding hydrogens is 1030 g/mol. The monoisotopic (exact) mass is 1100 g/mol. The van der Waals surface area contributed by atoms with Gasteiger partial charge in [-0.1, -0.05) is 0 Å². The Morgan fingerprint density at radius 3 is 1.27 bits per heavy atom. The summed E-state index contributed by atoms with van der Waals surface area (Å²) in [5.41, 5.74) is 0. The maximum absolute atomic E-state index is 12.5. The molecule has 0 aromatic rings. The standard InChI is InChI=1S/C42H71N3O30/c1-10-22(53)28(59)30(61)40(66-10)72-34-17(8-49)71-39(20(27(34)58)44-12(3)51)75-36-24(55)15(6-47)69-42(32(36)63)74-35-21(45-13(4)52)37(64)67-18(25(35)56)9-65-38-19(43-11(2)50)26(57)33(16(7-48)70-38)73-41-31(62)29(60)23(54)14(5-46)68-41/h10,14-42,46-49,53-64H,5-9H2,1-4H3,(H,43,50)(H,44,51)(H,45,52)/t10-,14+,15+,16+,17+,18+,19+,20+,21+,22+,23-,24-,25-,26+,27+,28+,29-,30-,31+,32+,33+,34+,35+,36-,37?,38+,39-,40-,41-,42-/m0/s1. The molecule has 0 saturated carbocycles. The summed E-state index contributed by atoms with van der Waals surface area (Å²) in [7, 11) is 0. The Balaban J connectivity index is 1.20. The van der Waals surface area contributed by atoms with Crippen molar-refractivity contribution in [1.82, 2.24) is 16.0 Å². The van der Waals surface area contributed by atoms with Gasteiger partial charge in [0, 0.05) is 20.8 Å². The summed E-state index contributed by atoms with van der Waals surface area (Å²) in [5, 5.41) is 179. The van der Waals surface area contributed by atoms with Crippen LogP contribution in [0.25, 0.3) is 0 Å². The Morgan fingerprint density at radius 2 is 0.760 bits per heavy atom. The van der Waals surface area contributed by atoms with Crippen LogP contribution < -0.4 is 16.0 Å². The SMILES string of the molecule is CC(=O)N[C@H]1[C@H](O[C@H]2[C@@H](O)[C@@H](CO)O[C@@H](O[C@H]3[C@@H](O)[C@@H](CO[C@@H]4O[C@H](CO)[C@@H](O[C@@H]5O[C@H](CO)[C@H](O)[C@H](O)[C@H]5O)[C@H](O)[C@H]4NC(C)=O)OC(O)[C@@H]3NC(C)=O)[C@@H]2O)O[C@H](CO)[C@@H](O[C@@H]2O[C@@H](C)[C@@H](O)[C@@H](O)[C@@H]2O)[C@@H]1O.